The molecule has 1 amide bonds. The number of carbonyl (C=O) groups excluding carboxylic acids is 1. The molecule has 0 radical (unpaired) electrons. The van der Waals surface area contributed by atoms with Gasteiger partial charge in [0.1, 0.15) is 17.3 Å². The topological polar surface area (TPSA) is 51.2 Å². The van der Waals surface area contributed by atoms with Gasteiger partial charge < -0.3 is 10.1 Å². The Labute approximate surface area is 181 Å². The number of rotatable bonds is 7. The largest absolute Gasteiger partial charge is 0.457 e. The van der Waals surface area contributed by atoms with Crippen LogP contribution in [0.4, 0.5) is 9.52 Å². The van der Waals surface area contributed by atoms with Crippen LogP contribution < -0.4 is 10.1 Å². The monoisotopic (exact) mass is 436 g/mol. The second kappa shape index (κ2) is 9.56. The van der Waals surface area contributed by atoms with Crippen molar-refractivity contribution in [3.05, 3.63) is 90.1 Å². The van der Waals surface area contributed by atoms with Gasteiger partial charge in [0.25, 0.3) is 0 Å². The van der Waals surface area contributed by atoms with Crippen LogP contribution in [0.1, 0.15) is 0 Å². The van der Waals surface area contributed by atoms with Crippen molar-refractivity contribution in [3.63, 3.8) is 0 Å². The summed E-state index contributed by atoms with van der Waals surface area (Å²) < 4.78 is 18.7. The highest BCUT2D eigenvalue weighted by atomic mass is 32.2. The van der Waals surface area contributed by atoms with E-state index in [0.29, 0.717) is 5.13 Å². The second-order valence-electron chi connectivity index (χ2n) is 6.27. The third kappa shape index (κ3) is 5.46. The predicted octanol–water partition coefficient (Wildman–Crippen LogP) is 6.47. The Bertz CT molecular complexity index is 1110. The molecule has 1 N–H and O–H groups in total. The Morgan fingerprint density at radius 1 is 0.967 bits per heavy atom. The Morgan fingerprint density at radius 3 is 2.40 bits per heavy atom. The summed E-state index contributed by atoms with van der Waals surface area (Å²) in [6, 6.07) is 23.3. The van der Waals surface area contributed by atoms with Crippen molar-refractivity contribution in [1.82, 2.24) is 4.98 Å². The lowest BCUT2D eigenvalue weighted by atomic mass is 10.2. The molecule has 0 bridgehead atoms. The second-order valence-corrected chi connectivity index (χ2v) is 8.18. The zero-order chi connectivity index (χ0) is 20.8. The maximum atomic E-state index is 12.9. The average molecular weight is 437 g/mol. The normalized spacial score (nSPS) is 10.6. The fraction of sp³-hybridized carbons (Fsp3) is 0.0435. The van der Waals surface area contributed by atoms with Crippen molar-refractivity contribution >= 4 is 34.1 Å². The summed E-state index contributed by atoms with van der Waals surface area (Å²) in [6.45, 7) is 0. The number of ether oxygens (including phenoxy) is 1. The first-order chi connectivity index (χ1) is 14.7. The van der Waals surface area contributed by atoms with Crippen LogP contribution in [0.3, 0.4) is 0 Å². The van der Waals surface area contributed by atoms with Crippen LogP contribution in [0, 0.1) is 5.82 Å². The summed E-state index contributed by atoms with van der Waals surface area (Å²) in [4.78, 5) is 17.5. The minimum Gasteiger partial charge on any atom is -0.457 e. The van der Waals surface area contributed by atoms with Gasteiger partial charge in [-0.05, 0) is 60.7 Å². The highest BCUT2D eigenvalue weighted by Gasteiger charge is 2.09. The van der Waals surface area contributed by atoms with Gasteiger partial charge in [0.15, 0.2) is 5.13 Å². The standard InChI is InChI=1S/C23H17FN2O2S2/c24-17-8-12-20(13-9-17)29-15-22(27)26-23-25-21(14-30-23)16-6-10-19(11-7-16)28-18-4-2-1-3-5-18/h1-14H,15H2,(H,25,26,27). The molecule has 4 aromatic rings. The molecule has 30 heavy (non-hydrogen) atoms. The third-order valence-corrected chi connectivity index (χ3v) is 5.83. The van der Waals surface area contributed by atoms with Gasteiger partial charge in [0.05, 0.1) is 11.4 Å². The van der Waals surface area contributed by atoms with Gasteiger partial charge in [-0.2, -0.15) is 0 Å². The lowest BCUT2D eigenvalue weighted by Crippen LogP contribution is -2.13. The molecule has 0 aliphatic carbocycles. The van der Waals surface area contributed by atoms with Crippen LogP contribution in [-0.4, -0.2) is 16.6 Å². The summed E-state index contributed by atoms with van der Waals surface area (Å²) >= 11 is 2.72. The first kappa shape index (κ1) is 20.1. The van der Waals surface area contributed by atoms with E-state index >= 15 is 0 Å². The van der Waals surface area contributed by atoms with E-state index in [1.807, 2.05) is 60.0 Å². The summed E-state index contributed by atoms with van der Waals surface area (Å²) in [5.41, 5.74) is 1.72. The number of nitrogens with one attached hydrogen (secondary N) is 1. The molecule has 1 heterocycles. The number of amides is 1. The molecule has 0 saturated carbocycles. The first-order valence-electron chi connectivity index (χ1n) is 9.13. The minimum atomic E-state index is -0.293. The van der Waals surface area contributed by atoms with Gasteiger partial charge in [-0.3, -0.25) is 4.79 Å². The maximum Gasteiger partial charge on any atom is 0.236 e. The van der Waals surface area contributed by atoms with E-state index in [1.54, 1.807) is 12.1 Å². The number of hydrogen-bond donors (Lipinski definition) is 1. The Hall–Kier alpha value is -3.16. The number of para-hydroxylation sites is 1. The van der Waals surface area contributed by atoms with Crippen molar-refractivity contribution in [2.75, 3.05) is 11.1 Å². The number of benzene rings is 3. The summed E-state index contributed by atoms with van der Waals surface area (Å²) in [7, 11) is 0. The summed E-state index contributed by atoms with van der Waals surface area (Å²) in [6.07, 6.45) is 0. The SMILES string of the molecule is O=C(CSc1ccc(F)cc1)Nc1nc(-c2ccc(Oc3ccccc3)cc2)cs1. The zero-order valence-electron chi connectivity index (χ0n) is 15.7. The van der Waals surface area contributed by atoms with Crippen LogP contribution in [0.25, 0.3) is 11.3 Å². The average Bonchev–Trinajstić information content (AvgIpc) is 3.23. The van der Waals surface area contributed by atoms with Crippen LogP contribution in [0.15, 0.2) is 89.1 Å². The molecular weight excluding hydrogens is 419 g/mol. The highest BCUT2D eigenvalue weighted by molar-refractivity contribution is 8.00. The van der Waals surface area contributed by atoms with Gasteiger partial charge in [-0.25, -0.2) is 9.37 Å². The molecule has 0 fully saturated rings. The first-order valence-corrected chi connectivity index (χ1v) is 11.0. The van der Waals surface area contributed by atoms with E-state index in [-0.39, 0.29) is 17.5 Å². The van der Waals surface area contributed by atoms with Crippen LogP contribution >= 0.6 is 23.1 Å². The molecule has 0 unspecified atom stereocenters. The van der Waals surface area contributed by atoms with Gasteiger partial charge >= 0.3 is 0 Å². The Morgan fingerprint density at radius 2 is 1.67 bits per heavy atom. The smallest absolute Gasteiger partial charge is 0.236 e. The summed E-state index contributed by atoms with van der Waals surface area (Å²) in [5.74, 6) is 1.30. The Kier molecular flexibility index (Phi) is 6.41. The molecule has 0 atom stereocenters. The molecule has 1 aromatic heterocycles. The number of thiazole rings is 1. The van der Waals surface area contributed by atoms with E-state index in [2.05, 4.69) is 10.3 Å². The Balaban J connectivity index is 1.33. The summed E-state index contributed by atoms with van der Waals surface area (Å²) in [5, 5.41) is 5.25. The lowest BCUT2D eigenvalue weighted by Gasteiger charge is -2.06. The van der Waals surface area contributed by atoms with E-state index in [0.717, 1.165) is 27.7 Å². The molecule has 7 heteroatoms. The predicted molar refractivity (Wildman–Crippen MR) is 120 cm³/mol. The quantitative estimate of drug-likeness (QED) is 0.337. The van der Waals surface area contributed by atoms with Crippen molar-refractivity contribution in [2.45, 2.75) is 4.90 Å². The van der Waals surface area contributed by atoms with Crippen molar-refractivity contribution in [2.24, 2.45) is 0 Å². The number of hydrogen-bond acceptors (Lipinski definition) is 5. The minimum absolute atomic E-state index is 0.156. The van der Waals surface area contributed by atoms with Crippen LogP contribution in [-0.2, 0) is 4.79 Å². The third-order valence-electron chi connectivity index (χ3n) is 4.06. The highest BCUT2D eigenvalue weighted by Crippen LogP contribution is 2.28. The van der Waals surface area contributed by atoms with Gasteiger partial charge in [-0.1, -0.05) is 18.2 Å². The maximum absolute atomic E-state index is 12.9. The molecule has 3 aromatic carbocycles. The number of aromatic nitrogens is 1. The van der Waals surface area contributed by atoms with E-state index in [1.165, 1.54) is 35.2 Å². The molecule has 0 spiro atoms. The van der Waals surface area contributed by atoms with Gasteiger partial charge in [-0.15, -0.1) is 23.1 Å². The number of halogens is 1. The van der Waals surface area contributed by atoms with Crippen LogP contribution in [0.2, 0.25) is 0 Å². The molecule has 0 saturated heterocycles. The van der Waals surface area contributed by atoms with Crippen molar-refractivity contribution in [1.29, 1.82) is 0 Å². The van der Waals surface area contributed by atoms with Crippen molar-refractivity contribution in [3.8, 4) is 22.8 Å². The number of nitrogens with zero attached hydrogens (tertiary/aromatic N) is 1. The molecule has 4 nitrogen and oxygen atoms in total. The van der Waals surface area contributed by atoms with Crippen molar-refractivity contribution < 1.29 is 13.9 Å². The molecule has 4 rings (SSSR count). The number of carbonyl (C=O) groups is 1. The van der Waals surface area contributed by atoms with E-state index in [9.17, 15) is 9.18 Å². The molecule has 0 aliphatic heterocycles. The van der Waals surface area contributed by atoms with Gasteiger partial charge in [0, 0.05) is 15.8 Å². The fourth-order valence-electron chi connectivity index (χ4n) is 2.62. The molecular formula is C23H17FN2O2S2. The van der Waals surface area contributed by atoms with Crippen LogP contribution in [0.5, 0.6) is 11.5 Å². The lowest BCUT2D eigenvalue weighted by molar-refractivity contribution is -0.113. The fourth-order valence-corrected chi connectivity index (χ4v) is 4.05. The van der Waals surface area contributed by atoms with E-state index in [4.69, 9.17) is 4.74 Å². The van der Waals surface area contributed by atoms with E-state index < -0.39 is 0 Å². The molecule has 0 aliphatic rings. The zero-order valence-corrected chi connectivity index (χ0v) is 17.4. The molecule has 150 valence electrons. The number of thioether (sulfide) groups is 1. The number of anilines is 1. The van der Waals surface area contributed by atoms with Gasteiger partial charge in [0.2, 0.25) is 5.91 Å².